The first-order chi connectivity index (χ1) is 6.22. The van der Waals surface area contributed by atoms with Gasteiger partial charge in [-0.15, -0.1) is 0 Å². The zero-order valence-electron chi connectivity index (χ0n) is 7.08. The van der Waals surface area contributed by atoms with Gasteiger partial charge in [-0.2, -0.15) is 11.8 Å². The Labute approximate surface area is 89.4 Å². The number of nitrogens with one attached hydrogen (secondary N) is 1. The molecule has 70 valence electrons. The number of thioether (sulfide) groups is 1. The van der Waals surface area contributed by atoms with Gasteiger partial charge in [-0.25, -0.2) is 4.98 Å². The van der Waals surface area contributed by atoms with Gasteiger partial charge < -0.3 is 5.32 Å². The number of nitrogens with zero attached hydrogens (tertiary/aromatic N) is 1. The summed E-state index contributed by atoms with van der Waals surface area (Å²) < 4.78 is 0.898. The molecule has 0 atom stereocenters. The van der Waals surface area contributed by atoms with Gasteiger partial charge in [0.05, 0.1) is 5.75 Å². The van der Waals surface area contributed by atoms with Crippen molar-refractivity contribution in [3.05, 3.63) is 22.8 Å². The minimum atomic E-state index is -0.0256. The summed E-state index contributed by atoms with van der Waals surface area (Å²) in [5, 5.41) is 2.68. The third-order valence-electron chi connectivity index (χ3n) is 1.27. The highest BCUT2D eigenvalue weighted by molar-refractivity contribution is 9.10. The molecule has 1 aromatic rings. The Kier molecular flexibility index (Phi) is 4.24. The van der Waals surface area contributed by atoms with Gasteiger partial charge in [-0.3, -0.25) is 4.79 Å². The highest BCUT2D eigenvalue weighted by Crippen LogP contribution is 2.10. The summed E-state index contributed by atoms with van der Waals surface area (Å²) in [4.78, 5) is 15.1. The van der Waals surface area contributed by atoms with Crippen molar-refractivity contribution < 1.29 is 4.79 Å². The van der Waals surface area contributed by atoms with Crippen LogP contribution in [-0.2, 0) is 4.79 Å². The molecule has 0 spiro atoms. The van der Waals surface area contributed by atoms with Crippen LogP contribution >= 0.6 is 27.7 Å². The molecular formula is C8H9BrN2OS. The molecule has 0 aliphatic heterocycles. The van der Waals surface area contributed by atoms with E-state index in [1.54, 1.807) is 12.3 Å². The zero-order valence-corrected chi connectivity index (χ0v) is 9.48. The molecular weight excluding hydrogens is 252 g/mol. The Bertz CT molecular complexity index is 289. The molecule has 0 bridgehead atoms. The lowest BCUT2D eigenvalue weighted by Gasteiger charge is -2.01. The Morgan fingerprint density at radius 1 is 1.69 bits per heavy atom. The van der Waals surface area contributed by atoms with E-state index >= 15 is 0 Å². The minimum absolute atomic E-state index is 0.0256. The average Bonchev–Trinajstić information content (AvgIpc) is 2.09. The third-order valence-corrected chi connectivity index (χ3v) is 2.29. The fraction of sp³-hybridized carbons (Fsp3) is 0.250. The van der Waals surface area contributed by atoms with Crippen molar-refractivity contribution in [2.75, 3.05) is 17.3 Å². The molecule has 1 heterocycles. The number of anilines is 1. The van der Waals surface area contributed by atoms with E-state index < -0.39 is 0 Å². The van der Waals surface area contributed by atoms with Gasteiger partial charge in [0.25, 0.3) is 0 Å². The predicted molar refractivity (Wildman–Crippen MR) is 58.9 cm³/mol. The van der Waals surface area contributed by atoms with Crippen LogP contribution in [0.3, 0.4) is 0 Å². The van der Waals surface area contributed by atoms with Crippen LogP contribution in [0.1, 0.15) is 0 Å². The van der Waals surface area contributed by atoms with E-state index in [1.165, 1.54) is 11.8 Å². The average molecular weight is 261 g/mol. The molecule has 0 unspecified atom stereocenters. The summed E-state index contributed by atoms with van der Waals surface area (Å²) in [5.41, 5.74) is 0. The second-order valence-corrected chi connectivity index (χ2v) is 4.12. The summed E-state index contributed by atoms with van der Waals surface area (Å²) in [7, 11) is 0. The van der Waals surface area contributed by atoms with Crippen LogP contribution in [-0.4, -0.2) is 22.9 Å². The Hall–Kier alpha value is -0.550. The second-order valence-electron chi connectivity index (χ2n) is 2.34. The van der Waals surface area contributed by atoms with Gasteiger partial charge in [0, 0.05) is 10.7 Å². The first-order valence-electron chi connectivity index (χ1n) is 3.62. The lowest BCUT2D eigenvalue weighted by Crippen LogP contribution is -2.14. The van der Waals surface area contributed by atoms with Crippen LogP contribution in [0.5, 0.6) is 0 Å². The molecule has 0 aliphatic rings. The van der Waals surface area contributed by atoms with E-state index in [0.717, 1.165) is 4.47 Å². The van der Waals surface area contributed by atoms with E-state index in [-0.39, 0.29) is 5.91 Å². The molecule has 1 rings (SSSR count). The van der Waals surface area contributed by atoms with Gasteiger partial charge in [0.15, 0.2) is 0 Å². The van der Waals surface area contributed by atoms with Crippen molar-refractivity contribution in [2.24, 2.45) is 0 Å². The molecule has 0 radical (unpaired) electrons. The standard InChI is InChI=1S/C8H9BrN2OS/c1-13-5-8(12)11-7-3-2-6(9)4-10-7/h2-4H,5H2,1H3,(H,10,11,12). The highest BCUT2D eigenvalue weighted by atomic mass is 79.9. The third kappa shape index (κ3) is 3.78. The lowest BCUT2D eigenvalue weighted by molar-refractivity contribution is -0.113. The van der Waals surface area contributed by atoms with Crippen LogP contribution < -0.4 is 5.32 Å². The first-order valence-corrected chi connectivity index (χ1v) is 5.81. The van der Waals surface area contributed by atoms with Crippen LogP contribution in [0.4, 0.5) is 5.82 Å². The van der Waals surface area contributed by atoms with Gasteiger partial charge in [-0.05, 0) is 34.3 Å². The molecule has 5 heteroatoms. The normalized spacial score (nSPS) is 9.69. The number of rotatable bonds is 3. The summed E-state index contributed by atoms with van der Waals surface area (Å²) in [5.74, 6) is 1.02. The van der Waals surface area contributed by atoms with E-state index in [0.29, 0.717) is 11.6 Å². The van der Waals surface area contributed by atoms with Crippen molar-refractivity contribution in [3.8, 4) is 0 Å². The maximum atomic E-state index is 11.1. The first kappa shape index (κ1) is 10.5. The number of amides is 1. The largest absolute Gasteiger partial charge is 0.310 e. The van der Waals surface area contributed by atoms with E-state index in [4.69, 9.17) is 0 Å². The number of halogens is 1. The second kappa shape index (κ2) is 5.24. The van der Waals surface area contributed by atoms with Crippen LogP contribution in [0, 0.1) is 0 Å². The molecule has 1 N–H and O–H groups in total. The zero-order chi connectivity index (χ0) is 9.68. The van der Waals surface area contributed by atoms with Crippen molar-refractivity contribution in [1.29, 1.82) is 0 Å². The van der Waals surface area contributed by atoms with Crippen LogP contribution in [0.2, 0.25) is 0 Å². The highest BCUT2D eigenvalue weighted by Gasteiger charge is 2.00. The van der Waals surface area contributed by atoms with Crippen LogP contribution in [0.25, 0.3) is 0 Å². The van der Waals surface area contributed by atoms with Gasteiger partial charge in [-0.1, -0.05) is 0 Å². The molecule has 1 aromatic heterocycles. The Morgan fingerprint density at radius 2 is 2.46 bits per heavy atom. The van der Waals surface area contributed by atoms with Crippen molar-refractivity contribution in [3.63, 3.8) is 0 Å². The number of hydrogen-bond acceptors (Lipinski definition) is 3. The molecule has 0 saturated carbocycles. The van der Waals surface area contributed by atoms with Crippen molar-refractivity contribution in [2.45, 2.75) is 0 Å². The van der Waals surface area contributed by atoms with Crippen molar-refractivity contribution >= 4 is 39.4 Å². The number of carbonyl (C=O) groups is 1. The smallest absolute Gasteiger partial charge is 0.235 e. The summed E-state index contributed by atoms with van der Waals surface area (Å²) in [6.07, 6.45) is 3.53. The minimum Gasteiger partial charge on any atom is -0.310 e. The van der Waals surface area contributed by atoms with E-state index in [1.807, 2.05) is 12.3 Å². The number of pyridine rings is 1. The maximum Gasteiger partial charge on any atom is 0.235 e. The molecule has 13 heavy (non-hydrogen) atoms. The fourth-order valence-electron chi connectivity index (χ4n) is 0.760. The summed E-state index contributed by atoms with van der Waals surface area (Å²) in [6, 6.07) is 3.59. The fourth-order valence-corrected chi connectivity index (χ4v) is 1.33. The monoisotopic (exact) mass is 260 g/mol. The SMILES string of the molecule is CSCC(=O)Nc1ccc(Br)cn1. The molecule has 1 amide bonds. The quantitative estimate of drug-likeness (QED) is 0.906. The van der Waals surface area contributed by atoms with E-state index in [2.05, 4.69) is 26.2 Å². The predicted octanol–water partition coefficient (Wildman–Crippen LogP) is 2.15. The summed E-state index contributed by atoms with van der Waals surface area (Å²) in [6.45, 7) is 0. The van der Waals surface area contributed by atoms with Gasteiger partial charge in [0.1, 0.15) is 5.82 Å². The van der Waals surface area contributed by atoms with Crippen LogP contribution in [0.15, 0.2) is 22.8 Å². The molecule has 0 aliphatic carbocycles. The molecule has 0 fully saturated rings. The van der Waals surface area contributed by atoms with Gasteiger partial charge in [0.2, 0.25) is 5.91 Å². The molecule has 0 saturated heterocycles. The lowest BCUT2D eigenvalue weighted by atomic mass is 10.4. The number of carbonyl (C=O) groups excluding carboxylic acids is 1. The number of hydrogen-bond donors (Lipinski definition) is 1. The Morgan fingerprint density at radius 3 is 3.00 bits per heavy atom. The van der Waals surface area contributed by atoms with E-state index in [9.17, 15) is 4.79 Å². The topological polar surface area (TPSA) is 42.0 Å². The van der Waals surface area contributed by atoms with Gasteiger partial charge >= 0.3 is 0 Å². The maximum absolute atomic E-state index is 11.1. The molecule has 3 nitrogen and oxygen atoms in total. The Balaban J connectivity index is 2.54. The molecule has 0 aromatic carbocycles. The summed E-state index contributed by atoms with van der Waals surface area (Å²) >= 11 is 4.75. The van der Waals surface area contributed by atoms with Crippen molar-refractivity contribution in [1.82, 2.24) is 4.98 Å². The number of aromatic nitrogens is 1.